The number of hydrogen-bond donors (Lipinski definition) is 0. The molecular weight excluding hydrogens is 324 g/mol. The Morgan fingerprint density at radius 3 is 2.67 bits per heavy atom. The summed E-state index contributed by atoms with van der Waals surface area (Å²) in [5.74, 6) is 0.261. The number of nitrogens with zero attached hydrogens (tertiary/aromatic N) is 2. The molecule has 0 aliphatic carbocycles. The largest absolute Gasteiger partial charge is 0.311 e. The van der Waals surface area contributed by atoms with Crippen molar-refractivity contribution in [3.8, 4) is 0 Å². The molecule has 0 aromatic heterocycles. The number of rotatable bonds is 2. The van der Waals surface area contributed by atoms with Crippen molar-refractivity contribution < 1.29 is 13.2 Å². The van der Waals surface area contributed by atoms with Crippen LogP contribution in [0.1, 0.15) is 50.2 Å². The molecule has 0 spiro atoms. The molecule has 1 saturated heterocycles. The van der Waals surface area contributed by atoms with Gasteiger partial charge in [-0.1, -0.05) is 6.92 Å². The predicted octanol–water partition coefficient (Wildman–Crippen LogP) is 2.50. The summed E-state index contributed by atoms with van der Waals surface area (Å²) >= 11 is 0. The summed E-state index contributed by atoms with van der Waals surface area (Å²) in [6.45, 7) is 5.93. The van der Waals surface area contributed by atoms with Gasteiger partial charge in [0.15, 0.2) is 0 Å². The Bertz CT molecular complexity index is 803. The highest BCUT2D eigenvalue weighted by Gasteiger charge is 2.39. The highest BCUT2D eigenvalue weighted by molar-refractivity contribution is 7.89. The van der Waals surface area contributed by atoms with E-state index in [0.717, 1.165) is 49.0 Å². The van der Waals surface area contributed by atoms with Crippen LogP contribution in [0.4, 0.5) is 5.69 Å². The van der Waals surface area contributed by atoms with Gasteiger partial charge in [0.2, 0.25) is 15.9 Å². The number of carbonyl (C=O) groups is 1. The van der Waals surface area contributed by atoms with Crippen LogP contribution >= 0.6 is 0 Å². The van der Waals surface area contributed by atoms with Crippen LogP contribution in [0.25, 0.3) is 0 Å². The fraction of sp³-hybridized carbons (Fsp3) is 0.611. The Labute approximate surface area is 143 Å². The van der Waals surface area contributed by atoms with Gasteiger partial charge in [-0.25, -0.2) is 8.42 Å². The fourth-order valence-electron chi connectivity index (χ4n) is 4.33. The van der Waals surface area contributed by atoms with E-state index in [9.17, 15) is 13.2 Å². The second-order valence-corrected chi connectivity index (χ2v) is 9.38. The molecule has 0 bridgehead atoms. The number of amides is 1. The standard InChI is InChI=1S/C18H24N2O3S/c1-12-5-3-7-19(11-12)24(22,23)15-9-14-6-4-8-20-17(14)16(10-15)13(2)18(20)21/h9-10,12-13H,3-8,11H2,1-2H3/t12-,13-/m0/s1. The molecule has 1 amide bonds. The molecule has 1 aromatic carbocycles. The van der Waals surface area contributed by atoms with Gasteiger partial charge in [-0.05, 0) is 61.8 Å². The molecule has 1 aromatic rings. The van der Waals surface area contributed by atoms with Crippen LogP contribution < -0.4 is 4.90 Å². The lowest BCUT2D eigenvalue weighted by Crippen LogP contribution is -2.39. The van der Waals surface area contributed by atoms with Gasteiger partial charge in [-0.3, -0.25) is 4.79 Å². The zero-order valence-corrected chi connectivity index (χ0v) is 15.1. The Morgan fingerprint density at radius 1 is 1.12 bits per heavy atom. The van der Waals surface area contributed by atoms with E-state index in [1.807, 2.05) is 17.9 Å². The monoisotopic (exact) mass is 348 g/mol. The molecule has 5 nitrogen and oxygen atoms in total. The molecule has 3 heterocycles. The minimum absolute atomic E-state index is 0.104. The van der Waals surface area contributed by atoms with Gasteiger partial charge in [0.1, 0.15) is 0 Å². The SMILES string of the molecule is C[C@H]1CCCN(S(=O)(=O)c2cc3c4c(c2)[C@H](C)C(=O)N4CCC3)C1. The van der Waals surface area contributed by atoms with E-state index in [4.69, 9.17) is 0 Å². The van der Waals surface area contributed by atoms with Crippen LogP contribution in [-0.4, -0.2) is 38.3 Å². The third-order valence-corrected chi connectivity index (χ3v) is 7.49. The molecule has 2 atom stereocenters. The van der Waals surface area contributed by atoms with Crippen molar-refractivity contribution in [2.45, 2.75) is 50.3 Å². The first-order valence-corrected chi connectivity index (χ1v) is 10.3. The van der Waals surface area contributed by atoms with Crippen LogP contribution in [0, 0.1) is 5.92 Å². The minimum atomic E-state index is -3.48. The molecule has 0 unspecified atom stereocenters. The summed E-state index contributed by atoms with van der Waals surface area (Å²) in [6, 6.07) is 3.56. The van der Waals surface area contributed by atoms with Gasteiger partial charge < -0.3 is 4.90 Å². The van der Waals surface area contributed by atoms with Gasteiger partial charge in [0, 0.05) is 19.6 Å². The van der Waals surface area contributed by atoms with Crippen LogP contribution in [0.2, 0.25) is 0 Å². The number of carbonyl (C=O) groups excluding carboxylic acids is 1. The second kappa shape index (κ2) is 5.56. The average Bonchev–Trinajstić information content (AvgIpc) is 2.82. The molecule has 1 fully saturated rings. The highest BCUT2D eigenvalue weighted by Crippen LogP contribution is 2.44. The van der Waals surface area contributed by atoms with Crippen molar-refractivity contribution in [1.82, 2.24) is 4.31 Å². The topological polar surface area (TPSA) is 57.7 Å². The number of hydrogen-bond acceptors (Lipinski definition) is 3. The molecule has 3 aliphatic rings. The number of sulfonamides is 1. The summed E-state index contributed by atoms with van der Waals surface area (Å²) in [6.07, 6.45) is 3.75. The summed E-state index contributed by atoms with van der Waals surface area (Å²) in [5.41, 5.74) is 2.88. The molecule has 130 valence electrons. The molecule has 6 heteroatoms. The van der Waals surface area contributed by atoms with Crippen molar-refractivity contribution in [2.24, 2.45) is 5.92 Å². The number of aryl methyl sites for hydroxylation is 1. The summed E-state index contributed by atoms with van der Waals surface area (Å²) < 4.78 is 27.9. The lowest BCUT2D eigenvalue weighted by molar-refractivity contribution is -0.119. The summed E-state index contributed by atoms with van der Waals surface area (Å²) in [7, 11) is -3.48. The first-order chi connectivity index (χ1) is 11.4. The van der Waals surface area contributed by atoms with Crippen LogP contribution in [0.3, 0.4) is 0 Å². The van der Waals surface area contributed by atoms with Crippen molar-refractivity contribution in [2.75, 3.05) is 24.5 Å². The maximum absolute atomic E-state index is 13.1. The second-order valence-electron chi connectivity index (χ2n) is 7.45. The first kappa shape index (κ1) is 16.1. The van der Waals surface area contributed by atoms with Crippen LogP contribution in [0.5, 0.6) is 0 Å². The number of benzene rings is 1. The van der Waals surface area contributed by atoms with E-state index in [1.54, 1.807) is 10.4 Å². The van der Waals surface area contributed by atoms with Crippen LogP contribution in [0.15, 0.2) is 17.0 Å². The van der Waals surface area contributed by atoms with Crippen molar-refractivity contribution >= 4 is 21.6 Å². The van der Waals surface area contributed by atoms with E-state index in [1.165, 1.54) is 0 Å². The molecule has 3 aliphatic heterocycles. The maximum Gasteiger partial charge on any atom is 0.243 e. The molecule has 24 heavy (non-hydrogen) atoms. The lowest BCUT2D eigenvalue weighted by atomic mass is 9.97. The fourth-order valence-corrected chi connectivity index (χ4v) is 6.01. The summed E-state index contributed by atoms with van der Waals surface area (Å²) in [5, 5.41) is 0. The van der Waals surface area contributed by atoms with E-state index in [0.29, 0.717) is 23.9 Å². The van der Waals surface area contributed by atoms with Gasteiger partial charge in [0.05, 0.1) is 16.5 Å². The molecule has 0 N–H and O–H groups in total. The van der Waals surface area contributed by atoms with Gasteiger partial charge in [0.25, 0.3) is 0 Å². The minimum Gasteiger partial charge on any atom is -0.311 e. The zero-order valence-electron chi connectivity index (χ0n) is 14.3. The van der Waals surface area contributed by atoms with Gasteiger partial charge >= 0.3 is 0 Å². The molecule has 4 rings (SSSR count). The van der Waals surface area contributed by atoms with Crippen molar-refractivity contribution in [3.05, 3.63) is 23.3 Å². The first-order valence-electron chi connectivity index (χ1n) is 8.88. The molecule has 0 radical (unpaired) electrons. The third kappa shape index (κ3) is 2.30. The molecular formula is C18H24N2O3S. The van der Waals surface area contributed by atoms with Gasteiger partial charge in [-0.15, -0.1) is 0 Å². The quantitative estimate of drug-likeness (QED) is 0.825. The smallest absolute Gasteiger partial charge is 0.243 e. The average molecular weight is 348 g/mol. The van der Waals surface area contributed by atoms with Gasteiger partial charge in [-0.2, -0.15) is 4.31 Å². The number of anilines is 1. The Kier molecular flexibility index (Phi) is 3.73. The summed E-state index contributed by atoms with van der Waals surface area (Å²) in [4.78, 5) is 14.7. The van der Waals surface area contributed by atoms with E-state index >= 15 is 0 Å². The maximum atomic E-state index is 13.1. The molecule has 0 saturated carbocycles. The van der Waals surface area contributed by atoms with Crippen molar-refractivity contribution in [3.63, 3.8) is 0 Å². The lowest BCUT2D eigenvalue weighted by Gasteiger charge is -2.31. The normalized spacial score (nSPS) is 27.4. The van der Waals surface area contributed by atoms with Crippen LogP contribution in [-0.2, 0) is 21.2 Å². The highest BCUT2D eigenvalue weighted by atomic mass is 32.2. The Hall–Kier alpha value is -1.40. The zero-order chi connectivity index (χ0) is 17.1. The third-order valence-electron chi connectivity index (χ3n) is 5.65. The van der Waals surface area contributed by atoms with E-state index in [-0.39, 0.29) is 11.8 Å². The van der Waals surface area contributed by atoms with E-state index < -0.39 is 10.0 Å². The van der Waals surface area contributed by atoms with E-state index in [2.05, 4.69) is 6.92 Å². The Morgan fingerprint density at radius 2 is 1.92 bits per heavy atom. The Balaban J connectivity index is 1.79. The van der Waals surface area contributed by atoms with Crippen molar-refractivity contribution in [1.29, 1.82) is 0 Å². The predicted molar refractivity (Wildman–Crippen MR) is 92.7 cm³/mol. The number of piperidine rings is 1.